The molecule has 0 aliphatic carbocycles. The number of carbonyl (C=O) groups excluding carboxylic acids is 1. The Morgan fingerprint density at radius 2 is 2.16 bits per heavy atom. The molecular formula is C19H19N3O3. The van der Waals surface area contributed by atoms with Crippen molar-refractivity contribution in [2.75, 3.05) is 26.3 Å². The highest BCUT2D eigenvalue weighted by atomic mass is 16.5. The Labute approximate surface area is 146 Å². The van der Waals surface area contributed by atoms with Crippen LogP contribution in [0.5, 0.6) is 5.75 Å². The van der Waals surface area contributed by atoms with Gasteiger partial charge in [-0.2, -0.15) is 0 Å². The number of ether oxygens (including phenoxy) is 2. The first-order valence-corrected chi connectivity index (χ1v) is 8.33. The van der Waals surface area contributed by atoms with Crippen molar-refractivity contribution in [3.63, 3.8) is 0 Å². The molecule has 0 spiro atoms. The molecule has 2 aliphatic rings. The van der Waals surface area contributed by atoms with Crippen molar-refractivity contribution in [1.82, 2.24) is 14.9 Å². The summed E-state index contributed by atoms with van der Waals surface area (Å²) < 4.78 is 11.5. The first-order valence-electron chi connectivity index (χ1n) is 8.33. The van der Waals surface area contributed by atoms with Crippen LogP contribution >= 0.6 is 0 Å². The lowest BCUT2D eigenvalue weighted by Gasteiger charge is -2.33. The zero-order valence-corrected chi connectivity index (χ0v) is 14.0. The molecule has 0 N–H and O–H groups in total. The molecule has 1 amide bonds. The van der Waals surface area contributed by atoms with Crippen molar-refractivity contribution in [2.45, 2.75) is 13.0 Å². The SMILES string of the molecule is Cc1ccnc([C@@H]2CN(C(=O)C3=Cc4ccccc4OC3)CCO2)n1. The molecule has 0 saturated carbocycles. The van der Waals surface area contributed by atoms with Crippen molar-refractivity contribution < 1.29 is 14.3 Å². The number of amides is 1. The molecule has 1 saturated heterocycles. The fourth-order valence-electron chi connectivity index (χ4n) is 3.06. The van der Waals surface area contributed by atoms with E-state index in [-0.39, 0.29) is 12.0 Å². The molecule has 0 unspecified atom stereocenters. The van der Waals surface area contributed by atoms with Gasteiger partial charge in [-0.15, -0.1) is 0 Å². The molecule has 6 heteroatoms. The van der Waals surface area contributed by atoms with E-state index in [9.17, 15) is 4.79 Å². The zero-order chi connectivity index (χ0) is 17.2. The summed E-state index contributed by atoms with van der Waals surface area (Å²) in [7, 11) is 0. The zero-order valence-electron chi connectivity index (χ0n) is 14.0. The van der Waals surface area contributed by atoms with Gasteiger partial charge in [-0.1, -0.05) is 18.2 Å². The second-order valence-electron chi connectivity index (χ2n) is 6.16. The molecule has 6 nitrogen and oxygen atoms in total. The molecule has 1 aromatic carbocycles. The van der Waals surface area contributed by atoms with Crippen molar-refractivity contribution in [2.24, 2.45) is 0 Å². The molecule has 25 heavy (non-hydrogen) atoms. The number of para-hydroxylation sites is 1. The van der Waals surface area contributed by atoms with E-state index < -0.39 is 0 Å². The fourth-order valence-corrected chi connectivity index (χ4v) is 3.06. The van der Waals surface area contributed by atoms with E-state index in [4.69, 9.17) is 9.47 Å². The van der Waals surface area contributed by atoms with Crippen LogP contribution in [0.3, 0.4) is 0 Å². The smallest absolute Gasteiger partial charge is 0.253 e. The van der Waals surface area contributed by atoms with Gasteiger partial charge in [0.15, 0.2) is 5.82 Å². The quantitative estimate of drug-likeness (QED) is 0.840. The second kappa shape index (κ2) is 6.64. The van der Waals surface area contributed by atoms with Gasteiger partial charge in [-0.25, -0.2) is 9.97 Å². The highest BCUT2D eigenvalue weighted by molar-refractivity contribution is 5.99. The van der Waals surface area contributed by atoms with Crippen LogP contribution in [0.4, 0.5) is 0 Å². The summed E-state index contributed by atoms with van der Waals surface area (Å²) in [6.07, 6.45) is 3.33. The van der Waals surface area contributed by atoms with Gasteiger partial charge in [0.05, 0.1) is 18.7 Å². The third-order valence-electron chi connectivity index (χ3n) is 4.36. The van der Waals surface area contributed by atoms with Crippen LogP contribution in [-0.4, -0.2) is 47.1 Å². The number of hydrogen-bond acceptors (Lipinski definition) is 5. The van der Waals surface area contributed by atoms with Crippen LogP contribution in [0.25, 0.3) is 6.08 Å². The maximum atomic E-state index is 12.9. The van der Waals surface area contributed by atoms with Gasteiger partial charge in [0.1, 0.15) is 18.5 Å². The van der Waals surface area contributed by atoms with E-state index in [1.165, 1.54) is 0 Å². The molecule has 2 aliphatic heterocycles. The number of hydrogen-bond donors (Lipinski definition) is 0. The Kier molecular flexibility index (Phi) is 4.19. The number of fused-ring (bicyclic) bond motifs is 1. The lowest BCUT2D eigenvalue weighted by atomic mass is 10.1. The third-order valence-corrected chi connectivity index (χ3v) is 4.36. The third kappa shape index (κ3) is 3.25. The number of benzene rings is 1. The lowest BCUT2D eigenvalue weighted by Crippen LogP contribution is -2.44. The minimum absolute atomic E-state index is 0.0181. The van der Waals surface area contributed by atoms with Gasteiger partial charge >= 0.3 is 0 Å². The maximum Gasteiger partial charge on any atom is 0.253 e. The summed E-state index contributed by atoms with van der Waals surface area (Å²) in [5.41, 5.74) is 2.48. The normalized spacial score (nSPS) is 19.6. The van der Waals surface area contributed by atoms with Crippen molar-refractivity contribution in [3.8, 4) is 5.75 Å². The standard InChI is InChI=1S/C19H19N3O3/c1-13-6-7-20-18(21-13)17-11-22(8-9-24-17)19(23)15-10-14-4-2-3-5-16(14)25-12-15/h2-7,10,17H,8-9,11-12H2,1H3/t17-/m0/s1. The van der Waals surface area contributed by atoms with Gasteiger partial charge in [0.2, 0.25) is 0 Å². The Morgan fingerprint density at radius 1 is 1.28 bits per heavy atom. The number of aryl methyl sites for hydroxylation is 1. The van der Waals surface area contributed by atoms with E-state index >= 15 is 0 Å². The molecule has 1 aromatic heterocycles. The average molecular weight is 337 g/mol. The topological polar surface area (TPSA) is 64.6 Å². The largest absolute Gasteiger partial charge is 0.488 e. The Bertz CT molecular complexity index is 834. The summed E-state index contributed by atoms with van der Waals surface area (Å²) in [6, 6.07) is 9.56. The second-order valence-corrected chi connectivity index (χ2v) is 6.16. The Morgan fingerprint density at radius 3 is 3.04 bits per heavy atom. The maximum absolute atomic E-state index is 12.9. The van der Waals surface area contributed by atoms with Crippen molar-refractivity contribution >= 4 is 12.0 Å². The van der Waals surface area contributed by atoms with E-state index in [2.05, 4.69) is 9.97 Å². The summed E-state index contributed by atoms with van der Waals surface area (Å²) in [5.74, 6) is 1.42. The summed E-state index contributed by atoms with van der Waals surface area (Å²) in [4.78, 5) is 23.4. The molecule has 1 fully saturated rings. The molecule has 4 rings (SSSR count). The summed E-state index contributed by atoms with van der Waals surface area (Å²) in [5, 5.41) is 0. The van der Waals surface area contributed by atoms with Gasteiger partial charge in [0, 0.05) is 24.0 Å². The van der Waals surface area contributed by atoms with E-state index in [0.717, 1.165) is 17.0 Å². The minimum Gasteiger partial charge on any atom is -0.488 e. The predicted molar refractivity (Wildman–Crippen MR) is 92.0 cm³/mol. The number of aromatic nitrogens is 2. The van der Waals surface area contributed by atoms with E-state index in [1.807, 2.05) is 43.3 Å². The molecule has 0 bridgehead atoms. The van der Waals surface area contributed by atoms with Crippen LogP contribution in [0.1, 0.15) is 23.2 Å². The van der Waals surface area contributed by atoms with Gasteiger partial charge < -0.3 is 14.4 Å². The number of nitrogens with zero attached hydrogens (tertiary/aromatic N) is 3. The molecular weight excluding hydrogens is 318 g/mol. The highest BCUT2D eigenvalue weighted by Gasteiger charge is 2.29. The minimum atomic E-state index is -0.296. The first-order chi connectivity index (χ1) is 12.2. The molecule has 2 aromatic rings. The first kappa shape index (κ1) is 15.8. The molecule has 128 valence electrons. The van der Waals surface area contributed by atoms with Crippen LogP contribution in [0, 0.1) is 6.92 Å². The molecule has 0 radical (unpaired) electrons. The number of rotatable bonds is 2. The van der Waals surface area contributed by atoms with E-state index in [1.54, 1.807) is 11.1 Å². The monoisotopic (exact) mass is 337 g/mol. The van der Waals surface area contributed by atoms with Crippen LogP contribution in [-0.2, 0) is 9.53 Å². The van der Waals surface area contributed by atoms with Crippen LogP contribution in [0.15, 0.2) is 42.1 Å². The predicted octanol–water partition coefficient (Wildman–Crippen LogP) is 2.16. The summed E-state index contributed by atoms with van der Waals surface area (Å²) in [6.45, 7) is 3.68. The fraction of sp³-hybridized carbons (Fsp3) is 0.316. The molecule has 3 heterocycles. The Balaban J connectivity index is 1.52. The van der Waals surface area contributed by atoms with Gasteiger partial charge in [-0.05, 0) is 25.1 Å². The molecule has 1 atom stereocenters. The van der Waals surface area contributed by atoms with Gasteiger partial charge in [0.25, 0.3) is 5.91 Å². The van der Waals surface area contributed by atoms with Crippen LogP contribution < -0.4 is 4.74 Å². The summed E-state index contributed by atoms with van der Waals surface area (Å²) >= 11 is 0. The number of morpholine rings is 1. The van der Waals surface area contributed by atoms with E-state index in [0.29, 0.717) is 37.7 Å². The van der Waals surface area contributed by atoms with Crippen LogP contribution in [0.2, 0.25) is 0 Å². The average Bonchev–Trinajstić information content (AvgIpc) is 2.67. The number of carbonyl (C=O) groups is 1. The van der Waals surface area contributed by atoms with Crippen molar-refractivity contribution in [3.05, 3.63) is 59.2 Å². The Hall–Kier alpha value is -2.73. The lowest BCUT2D eigenvalue weighted by molar-refractivity contribution is -0.135. The van der Waals surface area contributed by atoms with Gasteiger partial charge in [-0.3, -0.25) is 4.79 Å². The van der Waals surface area contributed by atoms with Crippen molar-refractivity contribution in [1.29, 1.82) is 0 Å². The highest BCUT2D eigenvalue weighted by Crippen LogP contribution is 2.27.